The van der Waals surface area contributed by atoms with E-state index in [1.165, 1.54) is 0 Å². The molecule has 0 fully saturated rings. The minimum atomic E-state index is -0.139. The van der Waals surface area contributed by atoms with Crippen LogP contribution in [-0.4, -0.2) is 23.9 Å². The van der Waals surface area contributed by atoms with Gasteiger partial charge in [-0.25, -0.2) is 0 Å². The third-order valence-electron chi connectivity index (χ3n) is 2.02. The molecule has 0 unspecified atom stereocenters. The van der Waals surface area contributed by atoms with Gasteiger partial charge in [0.15, 0.2) is 0 Å². The molecule has 0 aliphatic heterocycles. The Balaban J connectivity index is 2.37. The Morgan fingerprint density at radius 1 is 1.12 bits per heavy atom. The molecule has 1 rings (SSSR count). The first-order valence-corrected chi connectivity index (χ1v) is 5.48. The standard InChI is InChI=1S/C13H20O3/c1-13(2,3)16-9-8-15-12-7-5-4-6-11(12)10-14/h4-7,14H,8-10H2,1-3H3. The summed E-state index contributed by atoms with van der Waals surface area (Å²) in [7, 11) is 0. The summed E-state index contributed by atoms with van der Waals surface area (Å²) >= 11 is 0. The van der Waals surface area contributed by atoms with E-state index in [1.54, 1.807) is 0 Å². The SMILES string of the molecule is CC(C)(C)OCCOc1ccccc1CO. The van der Waals surface area contributed by atoms with Gasteiger partial charge in [-0.1, -0.05) is 18.2 Å². The Labute approximate surface area is 97.0 Å². The summed E-state index contributed by atoms with van der Waals surface area (Å²) in [6, 6.07) is 7.46. The summed E-state index contributed by atoms with van der Waals surface area (Å²) in [5.74, 6) is 0.725. The lowest BCUT2D eigenvalue weighted by atomic mass is 10.2. The number of hydrogen-bond donors (Lipinski definition) is 1. The minimum absolute atomic E-state index is 0.00367. The van der Waals surface area contributed by atoms with Gasteiger partial charge in [0.05, 0.1) is 18.8 Å². The number of ether oxygens (including phenoxy) is 2. The molecule has 0 atom stereocenters. The van der Waals surface area contributed by atoms with Crippen LogP contribution in [0, 0.1) is 0 Å². The molecular weight excluding hydrogens is 204 g/mol. The third kappa shape index (κ3) is 4.64. The van der Waals surface area contributed by atoms with Crippen molar-refractivity contribution in [3.05, 3.63) is 29.8 Å². The quantitative estimate of drug-likeness (QED) is 0.780. The predicted octanol–water partition coefficient (Wildman–Crippen LogP) is 2.37. The molecule has 0 amide bonds. The van der Waals surface area contributed by atoms with Gasteiger partial charge in [0.25, 0.3) is 0 Å². The maximum Gasteiger partial charge on any atom is 0.124 e. The average Bonchev–Trinajstić information content (AvgIpc) is 2.23. The predicted molar refractivity (Wildman–Crippen MR) is 63.6 cm³/mol. The Kier molecular flexibility index (Phi) is 4.77. The van der Waals surface area contributed by atoms with E-state index in [-0.39, 0.29) is 12.2 Å². The molecule has 0 spiro atoms. The molecule has 1 aromatic carbocycles. The molecule has 0 aliphatic rings. The second-order valence-electron chi connectivity index (χ2n) is 4.58. The van der Waals surface area contributed by atoms with E-state index in [2.05, 4.69) is 0 Å². The topological polar surface area (TPSA) is 38.7 Å². The first kappa shape index (κ1) is 13.0. The van der Waals surface area contributed by atoms with E-state index in [9.17, 15) is 0 Å². The Hall–Kier alpha value is -1.06. The van der Waals surface area contributed by atoms with E-state index >= 15 is 0 Å². The first-order chi connectivity index (χ1) is 7.53. The van der Waals surface area contributed by atoms with Crippen molar-refractivity contribution in [2.45, 2.75) is 33.0 Å². The van der Waals surface area contributed by atoms with E-state index in [0.717, 1.165) is 11.3 Å². The fourth-order valence-corrected chi connectivity index (χ4v) is 1.27. The highest BCUT2D eigenvalue weighted by Crippen LogP contribution is 2.17. The van der Waals surface area contributed by atoms with Crippen LogP contribution in [-0.2, 0) is 11.3 Å². The van der Waals surface area contributed by atoms with Crippen molar-refractivity contribution in [2.24, 2.45) is 0 Å². The largest absolute Gasteiger partial charge is 0.491 e. The summed E-state index contributed by atoms with van der Waals surface area (Å²) in [5, 5.41) is 9.09. The molecule has 16 heavy (non-hydrogen) atoms. The van der Waals surface area contributed by atoms with Crippen molar-refractivity contribution in [3.63, 3.8) is 0 Å². The summed E-state index contributed by atoms with van der Waals surface area (Å²) in [6.45, 7) is 7.06. The van der Waals surface area contributed by atoms with Crippen LogP contribution in [0.2, 0.25) is 0 Å². The van der Waals surface area contributed by atoms with E-state index in [4.69, 9.17) is 14.6 Å². The molecule has 0 aromatic heterocycles. The summed E-state index contributed by atoms with van der Waals surface area (Å²) in [6.07, 6.45) is 0. The normalized spacial score (nSPS) is 11.5. The van der Waals surface area contributed by atoms with Crippen LogP contribution in [0.25, 0.3) is 0 Å². The third-order valence-corrected chi connectivity index (χ3v) is 2.02. The van der Waals surface area contributed by atoms with Crippen LogP contribution in [0.3, 0.4) is 0 Å². The maximum atomic E-state index is 9.09. The molecule has 1 aromatic rings. The Morgan fingerprint density at radius 3 is 2.44 bits per heavy atom. The van der Waals surface area contributed by atoms with Gasteiger partial charge in [-0.2, -0.15) is 0 Å². The Bertz CT molecular complexity index is 315. The lowest BCUT2D eigenvalue weighted by molar-refractivity contribution is -0.0165. The van der Waals surface area contributed by atoms with Gasteiger partial charge in [0.1, 0.15) is 12.4 Å². The lowest BCUT2D eigenvalue weighted by Gasteiger charge is -2.19. The molecule has 0 bridgehead atoms. The van der Waals surface area contributed by atoms with Crippen LogP contribution in [0.1, 0.15) is 26.3 Å². The maximum absolute atomic E-state index is 9.09. The van der Waals surface area contributed by atoms with Crippen molar-refractivity contribution in [2.75, 3.05) is 13.2 Å². The highest BCUT2D eigenvalue weighted by atomic mass is 16.5. The van der Waals surface area contributed by atoms with Crippen LogP contribution in [0.4, 0.5) is 0 Å². The van der Waals surface area contributed by atoms with Crippen molar-refractivity contribution in [1.82, 2.24) is 0 Å². The molecular formula is C13H20O3. The monoisotopic (exact) mass is 224 g/mol. The molecule has 90 valence electrons. The van der Waals surface area contributed by atoms with Crippen LogP contribution >= 0.6 is 0 Å². The van der Waals surface area contributed by atoms with Crippen molar-refractivity contribution < 1.29 is 14.6 Å². The van der Waals surface area contributed by atoms with Crippen molar-refractivity contribution in [1.29, 1.82) is 0 Å². The van der Waals surface area contributed by atoms with Gasteiger partial charge in [0.2, 0.25) is 0 Å². The molecule has 0 heterocycles. The minimum Gasteiger partial charge on any atom is -0.491 e. The highest BCUT2D eigenvalue weighted by molar-refractivity contribution is 5.32. The number of benzene rings is 1. The first-order valence-electron chi connectivity index (χ1n) is 5.48. The van der Waals surface area contributed by atoms with Crippen LogP contribution in [0.5, 0.6) is 5.75 Å². The zero-order chi connectivity index (χ0) is 12.0. The van der Waals surface area contributed by atoms with Gasteiger partial charge in [-0.3, -0.25) is 0 Å². The van der Waals surface area contributed by atoms with Crippen LogP contribution < -0.4 is 4.74 Å². The van der Waals surface area contributed by atoms with E-state index < -0.39 is 0 Å². The number of rotatable bonds is 5. The van der Waals surface area contributed by atoms with E-state index in [0.29, 0.717) is 13.2 Å². The second kappa shape index (κ2) is 5.87. The van der Waals surface area contributed by atoms with Gasteiger partial charge in [0, 0.05) is 5.56 Å². The fraction of sp³-hybridized carbons (Fsp3) is 0.538. The number of hydrogen-bond acceptors (Lipinski definition) is 3. The average molecular weight is 224 g/mol. The van der Waals surface area contributed by atoms with Gasteiger partial charge in [-0.15, -0.1) is 0 Å². The summed E-state index contributed by atoms with van der Waals surface area (Å²) in [5.41, 5.74) is 0.665. The van der Waals surface area contributed by atoms with Crippen molar-refractivity contribution >= 4 is 0 Å². The molecule has 0 saturated heterocycles. The molecule has 0 saturated carbocycles. The molecule has 3 nitrogen and oxygen atoms in total. The molecule has 3 heteroatoms. The number of aliphatic hydroxyl groups is 1. The molecule has 0 aliphatic carbocycles. The summed E-state index contributed by atoms with van der Waals surface area (Å²) < 4.78 is 11.1. The number of aliphatic hydroxyl groups excluding tert-OH is 1. The molecule has 1 N–H and O–H groups in total. The Morgan fingerprint density at radius 2 is 1.81 bits per heavy atom. The summed E-state index contributed by atoms with van der Waals surface area (Å²) in [4.78, 5) is 0. The fourth-order valence-electron chi connectivity index (χ4n) is 1.27. The zero-order valence-corrected chi connectivity index (χ0v) is 10.2. The van der Waals surface area contributed by atoms with Crippen LogP contribution in [0.15, 0.2) is 24.3 Å². The van der Waals surface area contributed by atoms with Gasteiger partial charge < -0.3 is 14.6 Å². The number of para-hydroxylation sites is 1. The van der Waals surface area contributed by atoms with Crippen molar-refractivity contribution in [3.8, 4) is 5.75 Å². The van der Waals surface area contributed by atoms with E-state index in [1.807, 2.05) is 45.0 Å². The zero-order valence-electron chi connectivity index (χ0n) is 10.2. The molecule has 0 radical (unpaired) electrons. The van der Waals surface area contributed by atoms with Gasteiger partial charge >= 0.3 is 0 Å². The van der Waals surface area contributed by atoms with Gasteiger partial charge in [-0.05, 0) is 26.8 Å². The second-order valence-corrected chi connectivity index (χ2v) is 4.58. The highest BCUT2D eigenvalue weighted by Gasteiger charge is 2.09. The lowest BCUT2D eigenvalue weighted by Crippen LogP contribution is -2.22. The smallest absolute Gasteiger partial charge is 0.124 e.